The monoisotopic (exact) mass is 186 g/mol. The first-order valence-corrected chi connectivity index (χ1v) is 4.63. The summed E-state index contributed by atoms with van der Waals surface area (Å²) >= 11 is 0. The number of aliphatic hydroxyl groups is 1. The van der Waals surface area contributed by atoms with Gasteiger partial charge < -0.3 is 10.0 Å². The van der Waals surface area contributed by atoms with Crippen LogP contribution in [0.2, 0.25) is 0 Å². The average Bonchev–Trinajstić information content (AvgIpc) is 2.17. The predicted molar refractivity (Wildman–Crippen MR) is 46.8 cm³/mol. The lowest BCUT2D eigenvalue weighted by molar-refractivity contribution is 0.0979. The Balaban J connectivity index is 2.27. The Labute approximate surface area is 77.8 Å². The van der Waals surface area contributed by atoms with Gasteiger partial charge in [0.15, 0.2) is 5.67 Å². The van der Waals surface area contributed by atoms with Gasteiger partial charge in [-0.2, -0.15) is 5.26 Å². The van der Waals surface area contributed by atoms with Crippen LogP contribution in [0, 0.1) is 11.3 Å². The van der Waals surface area contributed by atoms with Crippen molar-refractivity contribution in [1.29, 1.82) is 5.26 Å². The fourth-order valence-electron chi connectivity index (χ4n) is 1.54. The van der Waals surface area contributed by atoms with Crippen LogP contribution < -0.4 is 0 Å². The predicted octanol–water partition coefficient (Wildman–Crippen LogP) is 0.696. The van der Waals surface area contributed by atoms with Crippen LogP contribution in [0.5, 0.6) is 0 Å². The molecule has 1 saturated heterocycles. The van der Waals surface area contributed by atoms with Crippen LogP contribution in [0.4, 0.5) is 4.39 Å². The first-order valence-electron chi connectivity index (χ1n) is 4.63. The molecular formula is C9H15FN2O. The number of halogens is 1. The van der Waals surface area contributed by atoms with Crippen molar-refractivity contribution in [2.45, 2.75) is 24.9 Å². The molecule has 0 radical (unpaired) electrons. The lowest BCUT2D eigenvalue weighted by atomic mass is 9.95. The first kappa shape index (κ1) is 10.4. The van der Waals surface area contributed by atoms with Crippen LogP contribution in [0.15, 0.2) is 0 Å². The van der Waals surface area contributed by atoms with E-state index in [9.17, 15) is 4.39 Å². The molecule has 0 aliphatic carbocycles. The maximum Gasteiger partial charge on any atom is 0.198 e. The van der Waals surface area contributed by atoms with Crippen LogP contribution in [0.1, 0.15) is 19.3 Å². The maximum atomic E-state index is 13.4. The molecule has 0 atom stereocenters. The Morgan fingerprint density at radius 3 is 2.54 bits per heavy atom. The van der Waals surface area contributed by atoms with E-state index in [4.69, 9.17) is 10.4 Å². The van der Waals surface area contributed by atoms with Crippen LogP contribution in [-0.4, -0.2) is 41.9 Å². The van der Waals surface area contributed by atoms with Crippen LogP contribution >= 0.6 is 0 Å². The molecule has 0 aromatic rings. The van der Waals surface area contributed by atoms with Crippen molar-refractivity contribution in [3.05, 3.63) is 0 Å². The van der Waals surface area contributed by atoms with Crippen molar-refractivity contribution < 1.29 is 9.50 Å². The summed E-state index contributed by atoms with van der Waals surface area (Å²) in [4.78, 5) is 2.09. The Hall–Kier alpha value is -0.660. The van der Waals surface area contributed by atoms with Gasteiger partial charge in [0, 0.05) is 39.1 Å². The second kappa shape index (κ2) is 4.54. The Morgan fingerprint density at radius 2 is 2.08 bits per heavy atom. The summed E-state index contributed by atoms with van der Waals surface area (Å²) in [7, 11) is 0. The van der Waals surface area contributed by atoms with E-state index in [1.165, 1.54) is 0 Å². The molecule has 0 aromatic heterocycles. The highest BCUT2D eigenvalue weighted by Crippen LogP contribution is 2.25. The summed E-state index contributed by atoms with van der Waals surface area (Å²) in [6.07, 6.45) is 1.33. The minimum absolute atomic E-state index is 0.176. The molecule has 4 heteroatoms. The van der Waals surface area contributed by atoms with E-state index in [1.807, 2.05) is 0 Å². The highest BCUT2D eigenvalue weighted by atomic mass is 19.1. The van der Waals surface area contributed by atoms with Gasteiger partial charge in [-0.15, -0.1) is 0 Å². The molecule has 1 rings (SSSR count). The summed E-state index contributed by atoms with van der Waals surface area (Å²) in [6, 6.07) is 1.71. The molecule has 13 heavy (non-hydrogen) atoms. The molecule has 0 unspecified atom stereocenters. The van der Waals surface area contributed by atoms with Crippen molar-refractivity contribution in [1.82, 2.24) is 4.90 Å². The largest absolute Gasteiger partial charge is 0.396 e. The van der Waals surface area contributed by atoms with E-state index >= 15 is 0 Å². The first-order chi connectivity index (χ1) is 6.20. The van der Waals surface area contributed by atoms with Gasteiger partial charge >= 0.3 is 0 Å². The molecule has 0 spiro atoms. The van der Waals surface area contributed by atoms with E-state index in [0.29, 0.717) is 25.9 Å². The van der Waals surface area contributed by atoms with Gasteiger partial charge in [-0.05, 0) is 6.42 Å². The fourth-order valence-corrected chi connectivity index (χ4v) is 1.54. The molecule has 1 aliphatic heterocycles. The van der Waals surface area contributed by atoms with Gasteiger partial charge in [-0.3, -0.25) is 0 Å². The minimum Gasteiger partial charge on any atom is -0.396 e. The van der Waals surface area contributed by atoms with Crippen molar-refractivity contribution in [3.8, 4) is 6.07 Å². The second-order valence-corrected chi connectivity index (χ2v) is 3.50. The second-order valence-electron chi connectivity index (χ2n) is 3.50. The smallest absolute Gasteiger partial charge is 0.198 e. The molecule has 0 bridgehead atoms. The molecular weight excluding hydrogens is 171 g/mol. The molecule has 0 amide bonds. The fraction of sp³-hybridized carbons (Fsp3) is 0.889. The lowest BCUT2D eigenvalue weighted by Gasteiger charge is -2.32. The van der Waals surface area contributed by atoms with E-state index < -0.39 is 5.67 Å². The topological polar surface area (TPSA) is 47.3 Å². The molecule has 1 fully saturated rings. The summed E-state index contributed by atoms with van der Waals surface area (Å²) in [6.45, 7) is 2.24. The Kier molecular flexibility index (Phi) is 3.64. The molecule has 1 N–H and O–H groups in total. The quantitative estimate of drug-likeness (QED) is 0.705. The Morgan fingerprint density at radius 1 is 1.46 bits per heavy atom. The number of aliphatic hydroxyl groups excluding tert-OH is 1. The standard InChI is InChI=1S/C9H15FN2O/c10-9(8-11)2-5-12(6-3-9)4-1-7-13/h13H,1-7H2. The van der Waals surface area contributed by atoms with Crippen molar-refractivity contribution in [3.63, 3.8) is 0 Å². The van der Waals surface area contributed by atoms with Crippen molar-refractivity contribution in [2.75, 3.05) is 26.2 Å². The third-order valence-corrected chi connectivity index (χ3v) is 2.48. The minimum atomic E-state index is -1.60. The van der Waals surface area contributed by atoms with Gasteiger partial charge in [0.25, 0.3) is 0 Å². The van der Waals surface area contributed by atoms with Crippen LogP contribution in [-0.2, 0) is 0 Å². The number of rotatable bonds is 3. The summed E-state index contributed by atoms with van der Waals surface area (Å²) < 4.78 is 13.4. The van der Waals surface area contributed by atoms with Crippen LogP contribution in [0.25, 0.3) is 0 Å². The highest BCUT2D eigenvalue weighted by Gasteiger charge is 2.33. The summed E-state index contributed by atoms with van der Waals surface area (Å²) in [5.41, 5.74) is -1.60. The molecule has 1 aliphatic rings. The Bertz CT molecular complexity index is 194. The lowest BCUT2D eigenvalue weighted by Crippen LogP contribution is -2.41. The van der Waals surface area contributed by atoms with Crippen LogP contribution in [0.3, 0.4) is 0 Å². The number of piperidine rings is 1. The zero-order chi connectivity index (χ0) is 9.73. The van der Waals surface area contributed by atoms with Crippen molar-refractivity contribution >= 4 is 0 Å². The third kappa shape index (κ3) is 2.94. The molecule has 1 heterocycles. The average molecular weight is 186 g/mol. The van der Waals surface area contributed by atoms with Crippen molar-refractivity contribution in [2.24, 2.45) is 0 Å². The normalized spacial score (nSPS) is 22.5. The molecule has 74 valence electrons. The summed E-state index contributed by atoms with van der Waals surface area (Å²) in [5.74, 6) is 0. The molecule has 3 nitrogen and oxygen atoms in total. The van der Waals surface area contributed by atoms with Gasteiger partial charge in [0.05, 0.1) is 0 Å². The number of alkyl halides is 1. The number of nitriles is 1. The highest BCUT2D eigenvalue weighted by molar-refractivity contribution is 5.03. The third-order valence-electron chi connectivity index (χ3n) is 2.48. The molecule has 0 aromatic carbocycles. The molecule has 0 saturated carbocycles. The maximum absolute atomic E-state index is 13.4. The number of hydrogen-bond acceptors (Lipinski definition) is 3. The van der Waals surface area contributed by atoms with Gasteiger partial charge in [-0.1, -0.05) is 0 Å². The van der Waals surface area contributed by atoms with E-state index in [-0.39, 0.29) is 6.61 Å². The number of hydrogen-bond donors (Lipinski definition) is 1. The van der Waals surface area contributed by atoms with E-state index in [1.54, 1.807) is 6.07 Å². The zero-order valence-corrected chi connectivity index (χ0v) is 7.67. The van der Waals surface area contributed by atoms with E-state index in [2.05, 4.69) is 4.90 Å². The summed E-state index contributed by atoms with van der Waals surface area (Å²) in [5, 5.41) is 17.1. The number of likely N-dealkylation sites (tertiary alicyclic amines) is 1. The number of nitrogens with zero attached hydrogens (tertiary/aromatic N) is 2. The van der Waals surface area contributed by atoms with Gasteiger partial charge in [0.1, 0.15) is 6.07 Å². The van der Waals surface area contributed by atoms with E-state index in [0.717, 1.165) is 13.0 Å². The SMILES string of the molecule is N#CC1(F)CCN(CCCO)CC1. The van der Waals surface area contributed by atoms with Gasteiger partial charge in [-0.25, -0.2) is 4.39 Å². The van der Waals surface area contributed by atoms with Gasteiger partial charge in [0.2, 0.25) is 0 Å². The zero-order valence-electron chi connectivity index (χ0n) is 7.67.